The Balaban J connectivity index is 1.59. The Morgan fingerprint density at radius 2 is 1.96 bits per heavy atom. The molecule has 5 nitrogen and oxygen atoms in total. The molecule has 0 saturated heterocycles. The average Bonchev–Trinajstić information content (AvgIpc) is 2.98. The third-order valence-electron chi connectivity index (χ3n) is 3.72. The van der Waals surface area contributed by atoms with Gasteiger partial charge >= 0.3 is 0 Å². The van der Waals surface area contributed by atoms with Gasteiger partial charge in [-0.3, -0.25) is 0 Å². The summed E-state index contributed by atoms with van der Waals surface area (Å²) in [7, 11) is 0. The largest absolute Gasteiger partial charge is 0.323 e. The second kappa shape index (κ2) is 5.94. The molecule has 24 heavy (non-hydrogen) atoms. The molecule has 118 valence electrons. The number of hydrazone groups is 1. The van der Waals surface area contributed by atoms with Crippen molar-refractivity contribution in [2.75, 3.05) is 5.43 Å². The smallest absolute Gasteiger partial charge is 0.222 e. The Labute approximate surface area is 143 Å². The average molecular weight is 336 g/mol. The molecule has 0 spiro atoms. The number of para-hydroxylation sites is 2. The third-order valence-corrected chi connectivity index (χ3v) is 4.02. The lowest BCUT2D eigenvalue weighted by Gasteiger charge is -2.03. The van der Waals surface area contributed by atoms with Crippen molar-refractivity contribution in [3.05, 3.63) is 64.8 Å². The first-order chi connectivity index (χ1) is 11.7. The van der Waals surface area contributed by atoms with Crippen molar-refractivity contribution in [2.45, 2.75) is 6.92 Å². The molecule has 0 radical (unpaired) electrons. The summed E-state index contributed by atoms with van der Waals surface area (Å²) in [6, 6.07) is 15.8. The molecule has 0 aliphatic heterocycles. The number of aromatic nitrogens is 3. The predicted octanol–water partition coefficient (Wildman–Crippen LogP) is 4.52. The number of pyridine rings is 1. The van der Waals surface area contributed by atoms with Crippen LogP contribution in [0.15, 0.2) is 53.6 Å². The second-order valence-corrected chi connectivity index (χ2v) is 5.90. The quantitative estimate of drug-likeness (QED) is 0.328. The molecule has 4 aromatic rings. The van der Waals surface area contributed by atoms with E-state index in [0.717, 1.165) is 33.1 Å². The minimum Gasteiger partial charge on any atom is -0.323 e. The maximum absolute atomic E-state index is 6.25. The van der Waals surface area contributed by atoms with Gasteiger partial charge in [0.2, 0.25) is 5.95 Å². The number of benzene rings is 2. The Morgan fingerprint density at radius 1 is 1.08 bits per heavy atom. The summed E-state index contributed by atoms with van der Waals surface area (Å²) < 4.78 is 0. The molecular weight excluding hydrogens is 322 g/mol. The van der Waals surface area contributed by atoms with Gasteiger partial charge in [0.05, 0.1) is 22.8 Å². The maximum Gasteiger partial charge on any atom is 0.222 e. The van der Waals surface area contributed by atoms with Crippen LogP contribution in [0.3, 0.4) is 0 Å². The highest BCUT2D eigenvalue weighted by Gasteiger charge is 2.04. The number of hydrogen-bond acceptors (Lipinski definition) is 4. The van der Waals surface area contributed by atoms with E-state index in [1.807, 2.05) is 55.5 Å². The van der Waals surface area contributed by atoms with Gasteiger partial charge in [-0.05, 0) is 36.8 Å². The summed E-state index contributed by atoms with van der Waals surface area (Å²) in [5.74, 6) is 0.577. The van der Waals surface area contributed by atoms with E-state index in [4.69, 9.17) is 11.6 Å². The van der Waals surface area contributed by atoms with Gasteiger partial charge in [-0.1, -0.05) is 35.9 Å². The van der Waals surface area contributed by atoms with Crippen LogP contribution in [0.25, 0.3) is 21.9 Å². The summed E-state index contributed by atoms with van der Waals surface area (Å²) >= 11 is 6.25. The van der Waals surface area contributed by atoms with E-state index >= 15 is 0 Å². The van der Waals surface area contributed by atoms with Crippen molar-refractivity contribution in [2.24, 2.45) is 5.10 Å². The lowest BCUT2D eigenvalue weighted by molar-refractivity contribution is 1.21. The van der Waals surface area contributed by atoms with Crippen LogP contribution in [0, 0.1) is 6.92 Å². The zero-order valence-corrected chi connectivity index (χ0v) is 13.7. The molecule has 4 rings (SSSR count). The molecule has 2 heterocycles. The van der Waals surface area contributed by atoms with Gasteiger partial charge in [0.1, 0.15) is 5.15 Å². The minimum absolute atomic E-state index is 0.420. The molecule has 0 saturated carbocycles. The summed E-state index contributed by atoms with van der Waals surface area (Å²) in [5, 5.41) is 5.64. The van der Waals surface area contributed by atoms with Gasteiger partial charge in [0.25, 0.3) is 0 Å². The Bertz CT molecular complexity index is 1030. The van der Waals surface area contributed by atoms with E-state index in [1.165, 1.54) is 0 Å². The summed E-state index contributed by atoms with van der Waals surface area (Å²) in [4.78, 5) is 12.0. The van der Waals surface area contributed by atoms with Crippen molar-refractivity contribution in [3.8, 4) is 0 Å². The van der Waals surface area contributed by atoms with Gasteiger partial charge in [-0.25, -0.2) is 15.4 Å². The topological polar surface area (TPSA) is 66.0 Å². The summed E-state index contributed by atoms with van der Waals surface area (Å²) in [5.41, 5.74) is 7.50. The summed E-state index contributed by atoms with van der Waals surface area (Å²) in [6.07, 6.45) is 1.64. The second-order valence-electron chi connectivity index (χ2n) is 5.54. The van der Waals surface area contributed by atoms with Crippen molar-refractivity contribution in [1.82, 2.24) is 15.0 Å². The standard InChI is InChI=1S/C18H14ClN5/c1-11-6-7-12-9-13(17(19)21-16(12)8-11)10-20-24-18-22-14-4-2-3-5-15(14)23-18/h2-10H,1H3,(H2,22,23,24)/b20-10+. The van der Waals surface area contributed by atoms with Crippen LogP contribution in [0.4, 0.5) is 5.95 Å². The van der Waals surface area contributed by atoms with Crippen molar-refractivity contribution in [1.29, 1.82) is 0 Å². The van der Waals surface area contributed by atoms with E-state index in [0.29, 0.717) is 11.1 Å². The Morgan fingerprint density at radius 3 is 2.83 bits per heavy atom. The molecule has 2 N–H and O–H groups in total. The first-order valence-corrected chi connectivity index (χ1v) is 7.87. The molecule has 0 bridgehead atoms. The van der Waals surface area contributed by atoms with Gasteiger partial charge in [0.15, 0.2) is 0 Å². The number of hydrogen-bond donors (Lipinski definition) is 2. The first-order valence-electron chi connectivity index (χ1n) is 7.50. The molecule has 0 unspecified atom stereocenters. The van der Waals surface area contributed by atoms with Crippen LogP contribution in [-0.4, -0.2) is 21.2 Å². The SMILES string of the molecule is Cc1ccc2cc(/C=N/Nc3nc4ccccc4[nH]3)c(Cl)nc2c1. The number of nitrogens with zero attached hydrogens (tertiary/aromatic N) is 3. The van der Waals surface area contributed by atoms with Crippen molar-refractivity contribution >= 4 is 45.7 Å². The highest BCUT2D eigenvalue weighted by Crippen LogP contribution is 2.20. The van der Waals surface area contributed by atoms with Gasteiger partial charge in [0, 0.05) is 10.9 Å². The molecule has 0 atom stereocenters. The van der Waals surface area contributed by atoms with E-state index < -0.39 is 0 Å². The minimum atomic E-state index is 0.420. The molecular formula is C18H14ClN5. The molecule has 2 aromatic heterocycles. The van der Waals surface area contributed by atoms with Crippen LogP contribution in [0.1, 0.15) is 11.1 Å². The van der Waals surface area contributed by atoms with Crippen molar-refractivity contribution < 1.29 is 0 Å². The molecule has 0 aliphatic carbocycles. The normalized spacial score (nSPS) is 11.6. The van der Waals surface area contributed by atoms with E-state index in [9.17, 15) is 0 Å². The van der Waals surface area contributed by atoms with Gasteiger partial charge in [-0.2, -0.15) is 5.10 Å². The van der Waals surface area contributed by atoms with Crippen LogP contribution in [-0.2, 0) is 0 Å². The van der Waals surface area contributed by atoms with Gasteiger partial charge in [-0.15, -0.1) is 0 Å². The summed E-state index contributed by atoms with van der Waals surface area (Å²) in [6.45, 7) is 2.03. The molecule has 2 aromatic carbocycles. The number of fused-ring (bicyclic) bond motifs is 2. The lowest BCUT2D eigenvalue weighted by atomic mass is 10.1. The number of aryl methyl sites for hydroxylation is 1. The number of aromatic amines is 1. The van der Waals surface area contributed by atoms with Crippen LogP contribution < -0.4 is 5.43 Å². The number of imidazole rings is 1. The maximum atomic E-state index is 6.25. The highest BCUT2D eigenvalue weighted by molar-refractivity contribution is 6.32. The first kappa shape index (κ1) is 14.7. The monoisotopic (exact) mass is 335 g/mol. The van der Waals surface area contributed by atoms with Gasteiger partial charge < -0.3 is 4.98 Å². The van der Waals surface area contributed by atoms with E-state index in [1.54, 1.807) is 6.21 Å². The van der Waals surface area contributed by atoms with E-state index in [2.05, 4.69) is 25.5 Å². The zero-order valence-electron chi connectivity index (χ0n) is 12.9. The Hall–Kier alpha value is -2.92. The molecule has 0 fully saturated rings. The molecule has 0 amide bonds. The highest BCUT2D eigenvalue weighted by atomic mass is 35.5. The third kappa shape index (κ3) is 2.81. The number of halogens is 1. The number of H-pyrrole nitrogens is 1. The zero-order chi connectivity index (χ0) is 16.5. The van der Waals surface area contributed by atoms with Crippen LogP contribution in [0.5, 0.6) is 0 Å². The number of anilines is 1. The van der Waals surface area contributed by atoms with E-state index in [-0.39, 0.29) is 0 Å². The fourth-order valence-corrected chi connectivity index (χ4v) is 2.72. The van der Waals surface area contributed by atoms with Crippen LogP contribution >= 0.6 is 11.6 Å². The predicted molar refractivity (Wildman–Crippen MR) is 98.8 cm³/mol. The van der Waals surface area contributed by atoms with Crippen molar-refractivity contribution in [3.63, 3.8) is 0 Å². The fraction of sp³-hybridized carbons (Fsp3) is 0.0556. The molecule has 0 aliphatic rings. The number of rotatable bonds is 3. The van der Waals surface area contributed by atoms with Crippen LogP contribution in [0.2, 0.25) is 5.15 Å². The molecule has 6 heteroatoms. The number of nitrogens with one attached hydrogen (secondary N) is 2. The lowest BCUT2D eigenvalue weighted by Crippen LogP contribution is -1.94. The Kier molecular flexibility index (Phi) is 3.63. The fourth-order valence-electron chi connectivity index (χ4n) is 2.53.